The van der Waals surface area contributed by atoms with Gasteiger partial charge in [0, 0.05) is 23.9 Å². The van der Waals surface area contributed by atoms with Gasteiger partial charge in [-0.25, -0.2) is 4.98 Å². The quantitative estimate of drug-likeness (QED) is 0.398. The van der Waals surface area contributed by atoms with Crippen molar-refractivity contribution < 1.29 is 13.2 Å². The third kappa shape index (κ3) is 6.03. The SMILES string of the molecule is FC(F)(F)CCCc1nc(-c2ccc(CNc3c(Cl)ccc4c3CCNCC4)cc2)cs1. The molecule has 1 aliphatic rings. The Kier molecular flexibility index (Phi) is 7.38. The lowest BCUT2D eigenvalue weighted by Crippen LogP contribution is -2.16. The minimum absolute atomic E-state index is 0.0723. The van der Waals surface area contributed by atoms with E-state index in [0.717, 1.165) is 58.5 Å². The molecule has 2 heterocycles. The van der Waals surface area contributed by atoms with Crippen LogP contribution in [-0.4, -0.2) is 24.2 Å². The van der Waals surface area contributed by atoms with Crippen LogP contribution in [-0.2, 0) is 25.8 Å². The Balaban J connectivity index is 1.38. The normalized spacial score (nSPS) is 14.1. The second-order valence-corrected chi connectivity index (χ2v) is 9.31. The van der Waals surface area contributed by atoms with Crippen LogP contribution in [0.2, 0.25) is 5.02 Å². The summed E-state index contributed by atoms with van der Waals surface area (Å²) in [6.45, 7) is 2.59. The lowest BCUT2D eigenvalue weighted by molar-refractivity contribution is -0.135. The number of benzene rings is 2. The molecular weight excluding hydrogens is 455 g/mol. The van der Waals surface area contributed by atoms with E-state index in [4.69, 9.17) is 11.6 Å². The molecule has 0 unspecified atom stereocenters. The summed E-state index contributed by atoms with van der Waals surface area (Å²) >= 11 is 7.91. The van der Waals surface area contributed by atoms with Gasteiger partial charge in [-0.2, -0.15) is 13.2 Å². The van der Waals surface area contributed by atoms with Gasteiger partial charge < -0.3 is 10.6 Å². The lowest BCUT2D eigenvalue weighted by Gasteiger charge is -2.16. The van der Waals surface area contributed by atoms with Crippen LogP contribution in [0.15, 0.2) is 41.8 Å². The Morgan fingerprint density at radius 2 is 1.84 bits per heavy atom. The number of aromatic nitrogens is 1. The predicted molar refractivity (Wildman–Crippen MR) is 126 cm³/mol. The number of hydrogen-bond donors (Lipinski definition) is 2. The molecule has 1 aliphatic heterocycles. The smallest absolute Gasteiger partial charge is 0.380 e. The second-order valence-electron chi connectivity index (χ2n) is 7.96. The van der Waals surface area contributed by atoms with Crippen LogP contribution in [0.4, 0.5) is 18.9 Å². The topological polar surface area (TPSA) is 37.0 Å². The van der Waals surface area contributed by atoms with E-state index in [1.165, 1.54) is 22.5 Å². The van der Waals surface area contributed by atoms with Crippen LogP contribution >= 0.6 is 22.9 Å². The van der Waals surface area contributed by atoms with Gasteiger partial charge in [0.05, 0.1) is 21.4 Å². The highest BCUT2D eigenvalue weighted by atomic mass is 35.5. The molecule has 3 aromatic rings. The number of nitrogens with zero attached hydrogens (tertiary/aromatic N) is 1. The first-order chi connectivity index (χ1) is 15.4. The first kappa shape index (κ1) is 23.1. The zero-order valence-corrected chi connectivity index (χ0v) is 19.1. The zero-order chi connectivity index (χ0) is 22.6. The third-order valence-electron chi connectivity index (χ3n) is 5.60. The molecule has 8 heteroatoms. The van der Waals surface area contributed by atoms with E-state index in [-0.39, 0.29) is 6.42 Å². The number of nitrogens with one attached hydrogen (secondary N) is 2. The summed E-state index contributed by atoms with van der Waals surface area (Å²) in [6.07, 6.45) is -2.50. The molecule has 0 saturated heterocycles. The van der Waals surface area contributed by atoms with Crippen LogP contribution in [0.25, 0.3) is 11.3 Å². The average Bonchev–Trinajstić information content (AvgIpc) is 3.09. The first-order valence-electron chi connectivity index (χ1n) is 10.7. The maximum Gasteiger partial charge on any atom is 0.389 e. The minimum atomic E-state index is -4.11. The monoisotopic (exact) mass is 479 g/mol. The first-order valence-corrected chi connectivity index (χ1v) is 12.0. The predicted octanol–water partition coefficient (Wildman–Crippen LogP) is 6.65. The van der Waals surface area contributed by atoms with Crippen molar-refractivity contribution in [3.8, 4) is 11.3 Å². The number of anilines is 1. The molecule has 0 saturated carbocycles. The average molecular weight is 480 g/mol. The highest BCUT2D eigenvalue weighted by Gasteiger charge is 2.26. The number of aryl methyl sites for hydroxylation is 1. The van der Waals surface area contributed by atoms with Gasteiger partial charge in [0.25, 0.3) is 0 Å². The molecule has 0 spiro atoms. The van der Waals surface area contributed by atoms with Crippen molar-refractivity contribution in [3.05, 3.63) is 68.5 Å². The fourth-order valence-corrected chi connectivity index (χ4v) is 5.01. The van der Waals surface area contributed by atoms with Gasteiger partial charge in [-0.15, -0.1) is 11.3 Å². The summed E-state index contributed by atoms with van der Waals surface area (Å²) in [6, 6.07) is 12.2. The molecule has 1 aromatic heterocycles. The third-order valence-corrected chi connectivity index (χ3v) is 6.83. The largest absolute Gasteiger partial charge is 0.389 e. The molecule has 4 rings (SSSR count). The van der Waals surface area contributed by atoms with E-state index in [2.05, 4.69) is 21.7 Å². The van der Waals surface area contributed by atoms with E-state index < -0.39 is 12.6 Å². The Hall–Kier alpha value is -2.09. The summed E-state index contributed by atoms with van der Waals surface area (Å²) in [5.41, 5.74) is 6.53. The highest BCUT2D eigenvalue weighted by molar-refractivity contribution is 7.09. The van der Waals surface area contributed by atoms with E-state index in [0.29, 0.717) is 13.0 Å². The standard InChI is InChI=1S/C24H25ClF3N3S/c25-20-8-7-17-9-12-29-13-10-19(17)23(20)30-14-16-3-5-18(6-4-16)21-15-32-22(31-21)2-1-11-24(26,27)28/h3-8,15,29-30H,1-2,9-14H2. The number of halogens is 4. The number of hydrogen-bond acceptors (Lipinski definition) is 4. The van der Waals surface area contributed by atoms with E-state index in [9.17, 15) is 13.2 Å². The van der Waals surface area contributed by atoms with Gasteiger partial charge in [-0.3, -0.25) is 0 Å². The fraction of sp³-hybridized carbons (Fsp3) is 0.375. The Morgan fingerprint density at radius 1 is 1.06 bits per heavy atom. The van der Waals surface area contributed by atoms with Crippen LogP contribution in [0.3, 0.4) is 0 Å². The van der Waals surface area contributed by atoms with Crippen LogP contribution in [0, 0.1) is 0 Å². The Labute approximate surface area is 195 Å². The maximum absolute atomic E-state index is 12.3. The van der Waals surface area contributed by atoms with Gasteiger partial charge >= 0.3 is 6.18 Å². The highest BCUT2D eigenvalue weighted by Crippen LogP contribution is 2.31. The van der Waals surface area contributed by atoms with Crippen molar-refractivity contribution in [2.75, 3.05) is 18.4 Å². The second kappa shape index (κ2) is 10.2. The molecule has 32 heavy (non-hydrogen) atoms. The molecule has 2 N–H and O–H groups in total. The zero-order valence-electron chi connectivity index (χ0n) is 17.6. The van der Waals surface area contributed by atoms with E-state index in [1.807, 2.05) is 35.7 Å². The summed E-state index contributed by atoms with van der Waals surface area (Å²) in [5, 5.41) is 10.3. The van der Waals surface area contributed by atoms with Crippen molar-refractivity contribution in [1.29, 1.82) is 0 Å². The summed E-state index contributed by atoms with van der Waals surface area (Å²) in [7, 11) is 0. The van der Waals surface area contributed by atoms with Gasteiger partial charge in [0.1, 0.15) is 0 Å². The molecular formula is C24H25ClF3N3S. The fourth-order valence-electron chi connectivity index (χ4n) is 3.92. The molecule has 0 aliphatic carbocycles. The summed E-state index contributed by atoms with van der Waals surface area (Å²) < 4.78 is 37.0. The van der Waals surface area contributed by atoms with Gasteiger partial charge in [0.15, 0.2) is 0 Å². The molecule has 0 amide bonds. The lowest BCUT2D eigenvalue weighted by atomic mass is 10.0. The van der Waals surface area contributed by atoms with Crippen LogP contribution in [0.1, 0.15) is 34.5 Å². The number of alkyl halides is 3. The number of thiazole rings is 1. The van der Waals surface area contributed by atoms with Crippen molar-refractivity contribution >= 4 is 28.6 Å². The molecule has 170 valence electrons. The number of fused-ring (bicyclic) bond motifs is 1. The molecule has 0 bridgehead atoms. The van der Waals surface area contributed by atoms with E-state index >= 15 is 0 Å². The van der Waals surface area contributed by atoms with Gasteiger partial charge in [0.2, 0.25) is 0 Å². The molecule has 3 nitrogen and oxygen atoms in total. The summed E-state index contributed by atoms with van der Waals surface area (Å²) in [4.78, 5) is 4.50. The van der Waals surface area contributed by atoms with Crippen molar-refractivity contribution in [3.63, 3.8) is 0 Å². The Bertz CT molecular complexity index is 1050. The minimum Gasteiger partial charge on any atom is -0.380 e. The molecule has 0 radical (unpaired) electrons. The molecule has 0 fully saturated rings. The molecule has 0 atom stereocenters. The van der Waals surface area contributed by atoms with Crippen molar-refractivity contribution in [2.24, 2.45) is 0 Å². The van der Waals surface area contributed by atoms with Crippen molar-refractivity contribution in [1.82, 2.24) is 10.3 Å². The maximum atomic E-state index is 12.3. The van der Waals surface area contributed by atoms with Crippen LogP contribution in [0.5, 0.6) is 0 Å². The van der Waals surface area contributed by atoms with Crippen molar-refractivity contribution in [2.45, 2.75) is 44.8 Å². The van der Waals surface area contributed by atoms with E-state index in [1.54, 1.807) is 0 Å². The molecule has 2 aromatic carbocycles. The van der Waals surface area contributed by atoms with Gasteiger partial charge in [-0.05, 0) is 61.5 Å². The van der Waals surface area contributed by atoms with Crippen LogP contribution < -0.4 is 10.6 Å². The van der Waals surface area contributed by atoms with Gasteiger partial charge in [-0.1, -0.05) is 41.9 Å². The Morgan fingerprint density at radius 3 is 2.62 bits per heavy atom. The summed E-state index contributed by atoms with van der Waals surface area (Å²) in [5.74, 6) is 0. The number of rotatable bonds is 7.